The van der Waals surface area contributed by atoms with Gasteiger partial charge in [-0.2, -0.15) is 0 Å². The lowest BCUT2D eigenvalue weighted by atomic mass is 9.95. The molecule has 96 valence electrons. The fourth-order valence-electron chi connectivity index (χ4n) is 1.86. The first-order valence-corrected chi connectivity index (χ1v) is 6.42. The van der Waals surface area contributed by atoms with Gasteiger partial charge < -0.3 is 10.1 Å². The number of benzene rings is 1. The molecule has 1 aromatic rings. The van der Waals surface area contributed by atoms with Crippen molar-refractivity contribution in [1.29, 1.82) is 0 Å². The molecule has 0 aliphatic heterocycles. The number of hydrogen-bond acceptors (Lipinski definition) is 2. The molecule has 2 heteroatoms. The van der Waals surface area contributed by atoms with Gasteiger partial charge >= 0.3 is 0 Å². The van der Waals surface area contributed by atoms with Crippen molar-refractivity contribution in [3.8, 4) is 0 Å². The zero-order valence-corrected chi connectivity index (χ0v) is 11.5. The summed E-state index contributed by atoms with van der Waals surface area (Å²) in [6.45, 7) is 8.33. The van der Waals surface area contributed by atoms with E-state index in [1.165, 1.54) is 11.1 Å². The van der Waals surface area contributed by atoms with E-state index in [0.29, 0.717) is 12.0 Å². The molecule has 1 atom stereocenters. The summed E-state index contributed by atoms with van der Waals surface area (Å²) in [7, 11) is 1.77. The summed E-state index contributed by atoms with van der Waals surface area (Å²) in [5.74, 6) is 0.540. The molecule has 0 saturated carbocycles. The number of aryl methyl sites for hydroxylation is 1. The van der Waals surface area contributed by atoms with Gasteiger partial charge in [-0.05, 0) is 24.8 Å². The predicted molar refractivity (Wildman–Crippen MR) is 73.6 cm³/mol. The average molecular weight is 235 g/mol. The number of nitrogens with one attached hydrogen (secondary N) is 1. The van der Waals surface area contributed by atoms with Gasteiger partial charge in [0.15, 0.2) is 0 Å². The van der Waals surface area contributed by atoms with E-state index in [1.54, 1.807) is 7.11 Å². The van der Waals surface area contributed by atoms with Crippen LogP contribution in [0.5, 0.6) is 0 Å². The maximum Gasteiger partial charge on any atom is 0.0468 e. The first-order chi connectivity index (χ1) is 8.13. The fourth-order valence-corrected chi connectivity index (χ4v) is 1.86. The molecule has 0 aliphatic rings. The molecular weight excluding hydrogens is 210 g/mol. The van der Waals surface area contributed by atoms with Gasteiger partial charge in [0.2, 0.25) is 0 Å². The highest BCUT2D eigenvalue weighted by Gasteiger charge is 2.11. The van der Waals surface area contributed by atoms with Crippen LogP contribution in [0.4, 0.5) is 0 Å². The molecule has 2 nitrogen and oxygen atoms in total. The van der Waals surface area contributed by atoms with E-state index in [9.17, 15) is 0 Å². The van der Waals surface area contributed by atoms with Gasteiger partial charge in [0, 0.05) is 26.3 Å². The SMILES string of the molecule is COCCC(CNC(C)C)c1ccc(C)cc1. The normalized spacial score (nSPS) is 13.0. The van der Waals surface area contributed by atoms with Crippen molar-refractivity contribution in [3.63, 3.8) is 0 Å². The van der Waals surface area contributed by atoms with Crippen LogP contribution in [0.15, 0.2) is 24.3 Å². The first kappa shape index (κ1) is 14.2. The number of rotatable bonds is 7. The molecule has 1 N–H and O–H groups in total. The molecule has 0 heterocycles. The van der Waals surface area contributed by atoms with Crippen LogP contribution < -0.4 is 5.32 Å². The predicted octanol–water partition coefficient (Wildman–Crippen LogP) is 3.11. The Bertz CT molecular complexity index is 305. The summed E-state index contributed by atoms with van der Waals surface area (Å²) < 4.78 is 5.20. The van der Waals surface area contributed by atoms with Crippen molar-refractivity contribution in [2.24, 2.45) is 0 Å². The summed E-state index contributed by atoms with van der Waals surface area (Å²) in [5.41, 5.74) is 2.72. The quantitative estimate of drug-likeness (QED) is 0.784. The van der Waals surface area contributed by atoms with Crippen molar-refractivity contribution in [2.75, 3.05) is 20.3 Å². The highest BCUT2D eigenvalue weighted by atomic mass is 16.5. The molecule has 0 aromatic heterocycles. The molecule has 1 unspecified atom stereocenters. The first-order valence-electron chi connectivity index (χ1n) is 6.42. The lowest BCUT2D eigenvalue weighted by Gasteiger charge is -2.19. The Morgan fingerprint density at radius 3 is 2.35 bits per heavy atom. The van der Waals surface area contributed by atoms with Gasteiger partial charge in [0.05, 0.1) is 0 Å². The number of ether oxygens (including phenoxy) is 1. The monoisotopic (exact) mass is 235 g/mol. The molecular formula is C15H25NO. The second-order valence-electron chi connectivity index (χ2n) is 4.95. The highest BCUT2D eigenvalue weighted by molar-refractivity contribution is 5.24. The van der Waals surface area contributed by atoms with Gasteiger partial charge in [-0.25, -0.2) is 0 Å². The van der Waals surface area contributed by atoms with Gasteiger partial charge in [-0.3, -0.25) is 0 Å². The van der Waals surface area contributed by atoms with Gasteiger partial charge in [-0.15, -0.1) is 0 Å². The molecule has 1 aromatic carbocycles. The summed E-state index contributed by atoms with van der Waals surface area (Å²) in [6.07, 6.45) is 1.07. The van der Waals surface area contributed by atoms with Crippen LogP contribution in [-0.4, -0.2) is 26.3 Å². The standard InChI is InChI=1S/C15H25NO/c1-12(2)16-11-15(9-10-17-4)14-7-5-13(3)6-8-14/h5-8,12,15-16H,9-11H2,1-4H3. The number of hydrogen-bond donors (Lipinski definition) is 1. The van der Waals surface area contributed by atoms with Crippen molar-refractivity contribution in [3.05, 3.63) is 35.4 Å². The summed E-state index contributed by atoms with van der Waals surface area (Å²) in [4.78, 5) is 0. The zero-order valence-electron chi connectivity index (χ0n) is 11.5. The molecule has 0 bridgehead atoms. The molecule has 0 fully saturated rings. The minimum absolute atomic E-state index is 0.533. The Morgan fingerprint density at radius 1 is 1.18 bits per heavy atom. The molecule has 0 aliphatic carbocycles. The highest BCUT2D eigenvalue weighted by Crippen LogP contribution is 2.19. The van der Waals surface area contributed by atoms with Crippen molar-refractivity contribution < 1.29 is 4.74 Å². The van der Waals surface area contributed by atoms with E-state index < -0.39 is 0 Å². The second kappa shape index (κ2) is 7.46. The second-order valence-corrected chi connectivity index (χ2v) is 4.95. The van der Waals surface area contributed by atoms with Crippen LogP contribution in [0, 0.1) is 6.92 Å². The van der Waals surface area contributed by atoms with Gasteiger partial charge in [-0.1, -0.05) is 43.7 Å². The Balaban J connectivity index is 2.63. The van der Waals surface area contributed by atoms with Crippen LogP contribution in [-0.2, 0) is 4.74 Å². The molecule has 0 spiro atoms. The number of methoxy groups -OCH3 is 1. The van der Waals surface area contributed by atoms with E-state index in [0.717, 1.165) is 19.6 Å². The Labute approximate surface area is 105 Å². The summed E-state index contributed by atoms with van der Waals surface area (Å²) in [6, 6.07) is 9.37. The Morgan fingerprint density at radius 2 is 1.82 bits per heavy atom. The third-order valence-electron chi connectivity index (χ3n) is 2.99. The van der Waals surface area contributed by atoms with E-state index in [-0.39, 0.29) is 0 Å². The van der Waals surface area contributed by atoms with E-state index in [4.69, 9.17) is 4.74 Å². The topological polar surface area (TPSA) is 21.3 Å². The van der Waals surface area contributed by atoms with Crippen LogP contribution in [0.2, 0.25) is 0 Å². The van der Waals surface area contributed by atoms with Crippen molar-refractivity contribution in [2.45, 2.75) is 39.2 Å². The minimum atomic E-state index is 0.533. The largest absolute Gasteiger partial charge is 0.385 e. The van der Waals surface area contributed by atoms with Crippen LogP contribution >= 0.6 is 0 Å². The lowest BCUT2D eigenvalue weighted by molar-refractivity contribution is 0.186. The van der Waals surface area contributed by atoms with E-state index in [1.807, 2.05) is 0 Å². The van der Waals surface area contributed by atoms with Crippen LogP contribution in [0.25, 0.3) is 0 Å². The molecule has 0 radical (unpaired) electrons. The third kappa shape index (κ3) is 5.33. The smallest absolute Gasteiger partial charge is 0.0468 e. The zero-order chi connectivity index (χ0) is 12.7. The van der Waals surface area contributed by atoms with Crippen LogP contribution in [0.1, 0.15) is 37.3 Å². The molecule has 0 amide bonds. The molecule has 1 rings (SSSR count). The summed E-state index contributed by atoms with van der Waals surface area (Å²) >= 11 is 0. The Hall–Kier alpha value is -0.860. The van der Waals surface area contributed by atoms with E-state index >= 15 is 0 Å². The molecule has 0 saturated heterocycles. The molecule has 17 heavy (non-hydrogen) atoms. The Kier molecular flexibility index (Phi) is 6.23. The van der Waals surface area contributed by atoms with E-state index in [2.05, 4.69) is 50.4 Å². The maximum atomic E-state index is 5.20. The summed E-state index contributed by atoms with van der Waals surface area (Å²) in [5, 5.41) is 3.51. The van der Waals surface area contributed by atoms with Crippen molar-refractivity contribution in [1.82, 2.24) is 5.32 Å². The van der Waals surface area contributed by atoms with Gasteiger partial charge in [0.25, 0.3) is 0 Å². The van der Waals surface area contributed by atoms with Gasteiger partial charge in [0.1, 0.15) is 0 Å². The van der Waals surface area contributed by atoms with Crippen LogP contribution in [0.3, 0.4) is 0 Å². The maximum absolute atomic E-state index is 5.20. The minimum Gasteiger partial charge on any atom is -0.385 e. The third-order valence-corrected chi connectivity index (χ3v) is 2.99. The lowest BCUT2D eigenvalue weighted by Crippen LogP contribution is -2.28. The average Bonchev–Trinajstić information content (AvgIpc) is 2.30. The fraction of sp³-hybridized carbons (Fsp3) is 0.600. The van der Waals surface area contributed by atoms with Crippen molar-refractivity contribution >= 4 is 0 Å².